The number of thiophene rings is 1. The molecule has 0 amide bonds. The van der Waals surface area contributed by atoms with E-state index in [0.29, 0.717) is 4.67 Å². The molecule has 1 atom stereocenters. The van der Waals surface area contributed by atoms with Crippen LogP contribution in [0.3, 0.4) is 0 Å². The molecule has 86 valence electrons. The number of nitrogens with two attached hydrogens (primary N) is 1. The smallest absolute Gasteiger partial charge is 0.173 e. The third-order valence-corrected chi connectivity index (χ3v) is 4.16. The molecule has 0 saturated heterocycles. The van der Waals surface area contributed by atoms with Gasteiger partial charge in [0.15, 0.2) is 4.67 Å². The van der Waals surface area contributed by atoms with Crippen LogP contribution in [0.5, 0.6) is 0 Å². The van der Waals surface area contributed by atoms with Gasteiger partial charge in [-0.2, -0.15) is 0 Å². The first-order chi connectivity index (χ1) is 7.70. The fourth-order valence-corrected chi connectivity index (χ4v) is 3.12. The van der Waals surface area contributed by atoms with Crippen LogP contribution in [0.2, 0.25) is 4.34 Å². The first-order valence-corrected chi connectivity index (χ1v) is 6.62. The Balaban J connectivity index is 2.15. The van der Waals surface area contributed by atoms with Crippen molar-refractivity contribution in [3.63, 3.8) is 0 Å². The van der Waals surface area contributed by atoms with Crippen molar-refractivity contribution in [2.45, 2.75) is 12.5 Å². The van der Waals surface area contributed by atoms with Crippen LogP contribution in [-0.4, -0.2) is 0 Å². The van der Waals surface area contributed by atoms with Crippen LogP contribution in [0.25, 0.3) is 0 Å². The lowest BCUT2D eigenvalue weighted by Crippen LogP contribution is -2.29. The number of furan rings is 1. The Morgan fingerprint density at radius 1 is 1.50 bits per heavy atom. The number of rotatable bonds is 4. The predicted molar refractivity (Wildman–Crippen MR) is 69.5 cm³/mol. The third-order valence-electron chi connectivity index (χ3n) is 2.26. The molecule has 1 unspecified atom stereocenters. The lowest BCUT2D eigenvalue weighted by Gasteiger charge is -2.13. The van der Waals surface area contributed by atoms with Crippen LogP contribution >= 0.6 is 38.9 Å². The summed E-state index contributed by atoms with van der Waals surface area (Å²) >= 11 is 10.8. The highest BCUT2D eigenvalue weighted by Gasteiger charge is 2.16. The van der Waals surface area contributed by atoms with Crippen molar-refractivity contribution < 1.29 is 4.42 Å². The van der Waals surface area contributed by atoms with Crippen molar-refractivity contribution in [2.24, 2.45) is 5.84 Å². The van der Waals surface area contributed by atoms with E-state index in [1.165, 1.54) is 4.88 Å². The monoisotopic (exact) mass is 320 g/mol. The topological polar surface area (TPSA) is 51.2 Å². The Bertz CT molecular complexity index is 471. The second-order valence-electron chi connectivity index (χ2n) is 3.28. The van der Waals surface area contributed by atoms with Crippen molar-refractivity contribution in [3.8, 4) is 0 Å². The summed E-state index contributed by atoms with van der Waals surface area (Å²) in [7, 11) is 0. The zero-order chi connectivity index (χ0) is 11.5. The summed E-state index contributed by atoms with van der Waals surface area (Å²) in [6.45, 7) is 0. The van der Waals surface area contributed by atoms with Crippen LogP contribution < -0.4 is 11.3 Å². The molecule has 3 N–H and O–H groups in total. The molecular weight excluding hydrogens is 312 g/mol. The highest BCUT2D eigenvalue weighted by Crippen LogP contribution is 2.30. The number of halogens is 2. The molecule has 16 heavy (non-hydrogen) atoms. The molecule has 6 heteroatoms. The molecule has 0 fully saturated rings. The van der Waals surface area contributed by atoms with Crippen LogP contribution in [0.1, 0.15) is 16.5 Å². The zero-order valence-electron chi connectivity index (χ0n) is 8.24. The van der Waals surface area contributed by atoms with E-state index in [4.69, 9.17) is 21.9 Å². The summed E-state index contributed by atoms with van der Waals surface area (Å²) in [6, 6.07) is 5.80. The van der Waals surface area contributed by atoms with E-state index in [1.807, 2.05) is 18.2 Å². The molecule has 2 rings (SSSR count). The van der Waals surface area contributed by atoms with Gasteiger partial charge in [0.2, 0.25) is 0 Å². The van der Waals surface area contributed by atoms with Crippen molar-refractivity contribution in [3.05, 3.63) is 43.9 Å². The van der Waals surface area contributed by atoms with E-state index >= 15 is 0 Å². The van der Waals surface area contributed by atoms with Crippen molar-refractivity contribution in [2.75, 3.05) is 0 Å². The van der Waals surface area contributed by atoms with Gasteiger partial charge in [0.1, 0.15) is 0 Å². The van der Waals surface area contributed by atoms with Gasteiger partial charge in [-0.05, 0) is 34.1 Å². The molecule has 2 aromatic rings. The second kappa shape index (κ2) is 5.33. The number of nitrogens with one attached hydrogen (secondary N) is 1. The minimum Gasteiger partial charge on any atom is -0.457 e. The van der Waals surface area contributed by atoms with Crippen LogP contribution in [0.4, 0.5) is 0 Å². The standard InChI is InChI=1S/C10H10BrClN2OS/c11-10-7(3-4-15-10)8(14-13)5-6-1-2-9(12)16-6/h1-4,8,14H,5,13H2. The maximum absolute atomic E-state index is 5.88. The summed E-state index contributed by atoms with van der Waals surface area (Å²) in [5.41, 5.74) is 3.78. The average Bonchev–Trinajstić information content (AvgIpc) is 2.84. The molecule has 0 radical (unpaired) electrons. The van der Waals surface area contributed by atoms with Gasteiger partial charge in [-0.15, -0.1) is 11.3 Å². The number of hydrogen-bond donors (Lipinski definition) is 2. The maximum atomic E-state index is 5.88. The summed E-state index contributed by atoms with van der Waals surface area (Å²) in [5, 5.41) is 0. The van der Waals surface area contributed by atoms with E-state index < -0.39 is 0 Å². The fourth-order valence-electron chi connectivity index (χ4n) is 1.48. The van der Waals surface area contributed by atoms with Gasteiger partial charge < -0.3 is 4.42 Å². The molecule has 0 spiro atoms. The molecule has 2 aromatic heterocycles. The van der Waals surface area contributed by atoms with Crippen molar-refractivity contribution in [1.29, 1.82) is 0 Å². The molecule has 3 nitrogen and oxygen atoms in total. The Morgan fingerprint density at radius 3 is 2.81 bits per heavy atom. The average molecular weight is 322 g/mol. The van der Waals surface area contributed by atoms with E-state index in [9.17, 15) is 0 Å². The van der Waals surface area contributed by atoms with Crippen LogP contribution in [0, 0.1) is 0 Å². The van der Waals surface area contributed by atoms with Gasteiger partial charge >= 0.3 is 0 Å². The summed E-state index contributed by atoms with van der Waals surface area (Å²) in [6.07, 6.45) is 2.41. The maximum Gasteiger partial charge on any atom is 0.173 e. The number of hydrogen-bond acceptors (Lipinski definition) is 4. The first kappa shape index (κ1) is 12.1. The largest absolute Gasteiger partial charge is 0.457 e. The molecule has 2 heterocycles. The summed E-state index contributed by atoms with van der Waals surface area (Å²) in [4.78, 5) is 1.18. The van der Waals surface area contributed by atoms with Gasteiger partial charge in [0.25, 0.3) is 0 Å². The molecule has 0 bridgehead atoms. The first-order valence-electron chi connectivity index (χ1n) is 4.64. The van der Waals surface area contributed by atoms with Gasteiger partial charge in [-0.1, -0.05) is 11.6 Å². The van der Waals surface area contributed by atoms with Gasteiger partial charge in [-0.25, -0.2) is 0 Å². The lowest BCUT2D eigenvalue weighted by molar-refractivity contribution is 0.508. The summed E-state index contributed by atoms with van der Waals surface area (Å²) in [5.74, 6) is 5.55. The van der Waals surface area contributed by atoms with Crippen molar-refractivity contribution in [1.82, 2.24) is 5.43 Å². The van der Waals surface area contributed by atoms with E-state index in [2.05, 4.69) is 21.4 Å². The fraction of sp³-hybridized carbons (Fsp3) is 0.200. The molecule has 0 aliphatic carbocycles. The Kier molecular flexibility index (Phi) is 4.05. The molecule has 0 aliphatic rings. The number of hydrazine groups is 1. The lowest BCUT2D eigenvalue weighted by atomic mass is 10.1. The van der Waals surface area contributed by atoms with Crippen molar-refractivity contribution >= 4 is 38.9 Å². The third kappa shape index (κ3) is 2.67. The molecule has 0 aromatic carbocycles. The molecule has 0 saturated carbocycles. The highest BCUT2D eigenvalue weighted by molar-refractivity contribution is 9.10. The van der Waals surface area contributed by atoms with Gasteiger partial charge in [-0.3, -0.25) is 11.3 Å². The Labute approximate surface area is 111 Å². The van der Waals surface area contributed by atoms with E-state index in [0.717, 1.165) is 16.3 Å². The van der Waals surface area contributed by atoms with Gasteiger partial charge in [0.05, 0.1) is 16.6 Å². The minimum atomic E-state index is 0.0165. The zero-order valence-corrected chi connectivity index (χ0v) is 11.4. The normalized spacial score (nSPS) is 12.9. The SMILES string of the molecule is NNC(Cc1ccc(Cl)s1)c1ccoc1Br. The van der Waals surface area contributed by atoms with Gasteiger partial charge in [0, 0.05) is 16.9 Å². The highest BCUT2D eigenvalue weighted by atomic mass is 79.9. The Hall–Kier alpha value is -0.330. The second-order valence-corrected chi connectivity index (χ2v) is 5.80. The van der Waals surface area contributed by atoms with Crippen LogP contribution in [-0.2, 0) is 6.42 Å². The molecular formula is C10H10BrClN2OS. The van der Waals surface area contributed by atoms with E-state index in [-0.39, 0.29) is 6.04 Å². The summed E-state index contributed by atoms with van der Waals surface area (Å²) < 4.78 is 6.68. The predicted octanol–water partition coefficient (Wildman–Crippen LogP) is 3.50. The minimum absolute atomic E-state index is 0.0165. The van der Waals surface area contributed by atoms with E-state index in [1.54, 1.807) is 17.6 Å². The van der Waals surface area contributed by atoms with Crippen LogP contribution in [0.15, 0.2) is 33.5 Å². The quantitative estimate of drug-likeness (QED) is 0.669. The molecule has 0 aliphatic heterocycles. The Morgan fingerprint density at radius 2 is 2.31 bits per heavy atom.